The molecule has 0 aliphatic carbocycles. The van der Waals surface area contributed by atoms with E-state index in [1.165, 1.54) is 6.42 Å². The lowest BCUT2D eigenvalue weighted by Crippen LogP contribution is -2.37. The number of carbonyl (C=O) groups is 1. The molecule has 0 spiro atoms. The number of likely N-dealkylation sites (tertiary alicyclic amines) is 1. The van der Waals surface area contributed by atoms with Gasteiger partial charge >= 0.3 is 0 Å². The van der Waals surface area contributed by atoms with Crippen LogP contribution in [0.3, 0.4) is 0 Å². The largest absolute Gasteiger partial charge is 0.494 e. The molecule has 1 amide bonds. The number of rotatable bonds is 4. The quantitative estimate of drug-likeness (QED) is 0.855. The van der Waals surface area contributed by atoms with Crippen molar-refractivity contribution in [1.82, 2.24) is 9.47 Å². The molecule has 2 aromatic rings. The summed E-state index contributed by atoms with van der Waals surface area (Å²) in [7, 11) is 0. The molecule has 0 N–H and O–H groups in total. The molecule has 4 heteroatoms. The van der Waals surface area contributed by atoms with Crippen molar-refractivity contribution in [3.8, 4) is 5.75 Å². The highest BCUT2D eigenvalue weighted by Crippen LogP contribution is 2.30. The summed E-state index contributed by atoms with van der Waals surface area (Å²) in [6.45, 7) is 9.36. The summed E-state index contributed by atoms with van der Waals surface area (Å²) in [6, 6.07) is 6.13. The van der Waals surface area contributed by atoms with Crippen LogP contribution in [-0.2, 0) is 6.54 Å². The number of piperidine rings is 1. The van der Waals surface area contributed by atoms with E-state index in [1.54, 1.807) is 0 Å². The first kappa shape index (κ1) is 15.9. The number of aromatic nitrogens is 1. The summed E-state index contributed by atoms with van der Waals surface area (Å²) >= 11 is 0. The maximum atomic E-state index is 13.1. The van der Waals surface area contributed by atoms with Crippen LogP contribution < -0.4 is 4.74 Å². The van der Waals surface area contributed by atoms with E-state index >= 15 is 0 Å². The monoisotopic (exact) mass is 314 g/mol. The predicted octanol–water partition coefficient (Wildman–Crippen LogP) is 3.99. The van der Waals surface area contributed by atoms with Gasteiger partial charge in [0.1, 0.15) is 11.4 Å². The minimum absolute atomic E-state index is 0.179. The Balaban J connectivity index is 2.08. The number of amides is 1. The first-order valence-corrected chi connectivity index (χ1v) is 8.72. The summed E-state index contributed by atoms with van der Waals surface area (Å²) in [5, 5.41) is 1.12. The maximum Gasteiger partial charge on any atom is 0.270 e. The molecule has 0 unspecified atom stereocenters. The summed E-state index contributed by atoms with van der Waals surface area (Å²) in [5.74, 6) is 1.05. The topological polar surface area (TPSA) is 34.5 Å². The third-order valence-electron chi connectivity index (χ3n) is 4.76. The van der Waals surface area contributed by atoms with Gasteiger partial charge in [-0.3, -0.25) is 4.79 Å². The Bertz CT molecular complexity index is 712. The van der Waals surface area contributed by atoms with E-state index in [-0.39, 0.29) is 5.91 Å². The second-order valence-corrected chi connectivity index (χ2v) is 6.18. The van der Waals surface area contributed by atoms with E-state index in [2.05, 4.69) is 30.5 Å². The highest BCUT2D eigenvalue weighted by Gasteiger charge is 2.25. The van der Waals surface area contributed by atoms with Crippen molar-refractivity contribution in [2.24, 2.45) is 0 Å². The first-order valence-electron chi connectivity index (χ1n) is 8.72. The van der Waals surface area contributed by atoms with E-state index in [0.717, 1.165) is 60.4 Å². The van der Waals surface area contributed by atoms with Crippen molar-refractivity contribution < 1.29 is 9.53 Å². The van der Waals surface area contributed by atoms with Crippen LogP contribution in [0.1, 0.15) is 49.2 Å². The van der Waals surface area contributed by atoms with E-state index < -0.39 is 0 Å². The van der Waals surface area contributed by atoms with Crippen molar-refractivity contribution in [2.45, 2.75) is 46.6 Å². The molecule has 1 saturated heterocycles. The van der Waals surface area contributed by atoms with Crippen molar-refractivity contribution in [3.63, 3.8) is 0 Å². The number of nitrogens with zero attached hydrogens (tertiary/aromatic N) is 2. The lowest BCUT2D eigenvalue weighted by molar-refractivity contribution is 0.0713. The Morgan fingerprint density at radius 2 is 1.91 bits per heavy atom. The number of hydrogen-bond donors (Lipinski definition) is 0. The van der Waals surface area contributed by atoms with Gasteiger partial charge < -0.3 is 14.2 Å². The minimum Gasteiger partial charge on any atom is -0.494 e. The van der Waals surface area contributed by atoms with Crippen LogP contribution in [0.15, 0.2) is 18.2 Å². The minimum atomic E-state index is 0.179. The second-order valence-electron chi connectivity index (χ2n) is 6.18. The zero-order chi connectivity index (χ0) is 16.4. The third-order valence-corrected chi connectivity index (χ3v) is 4.76. The van der Waals surface area contributed by atoms with Gasteiger partial charge in [0, 0.05) is 30.5 Å². The van der Waals surface area contributed by atoms with Crippen LogP contribution >= 0.6 is 0 Å². The van der Waals surface area contributed by atoms with Crippen LogP contribution in [0.25, 0.3) is 10.9 Å². The zero-order valence-corrected chi connectivity index (χ0v) is 14.4. The van der Waals surface area contributed by atoms with Gasteiger partial charge in [-0.15, -0.1) is 0 Å². The van der Waals surface area contributed by atoms with Crippen LogP contribution in [0, 0.1) is 6.92 Å². The van der Waals surface area contributed by atoms with Gasteiger partial charge in [-0.25, -0.2) is 0 Å². The standard InChI is InChI=1S/C19H26N2O2/c1-4-21-17-10-9-15(23-5-2)13-16(17)14(3)18(21)19(22)20-11-7-6-8-12-20/h9-10,13H,4-8,11-12H2,1-3H3. The zero-order valence-electron chi connectivity index (χ0n) is 14.4. The van der Waals surface area contributed by atoms with Crippen LogP contribution in [-0.4, -0.2) is 35.1 Å². The fourth-order valence-electron chi connectivity index (χ4n) is 3.61. The van der Waals surface area contributed by atoms with Gasteiger partial charge in [-0.2, -0.15) is 0 Å². The molecule has 0 bridgehead atoms. The molecule has 2 heterocycles. The van der Waals surface area contributed by atoms with Gasteiger partial charge in [0.25, 0.3) is 5.91 Å². The Morgan fingerprint density at radius 3 is 2.57 bits per heavy atom. The normalized spacial score (nSPS) is 15.2. The van der Waals surface area contributed by atoms with E-state index in [4.69, 9.17) is 4.74 Å². The van der Waals surface area contributed by atoms with Gasteiger partial charge in [-0.1, -0.05) is 0 Å². The Labute approximate surface area is 138 Å². The molecule has 4 nitrogen and oxygen atoms in total. The van der Waals surface area contributed by atoms with Crippen molar-refractivity contribution in [1.29, 1.82) is 0 Å². The molecule has 0 radical (unpaired) electrons. The highest BCUT2D eigenvalue weighted by molar-refractivity contribution is 6.02. The Kier molecular flexibility index (Phi) is 4.60. The summed E-state index contributed by atoms with van der Waals surface area (Å²) in [5.41, 5.74) is 3.03. The fraction of sp³-hybridized carbons (Fsp3) is 0.526. The Hall–Kier alpha value is -1.97. The summed E-state index contributed by atoms with van der Waals surface area (Å²) < 4.78 is 7.77. The molecule has 23 heavy (non-hydrogen) atoms. The smallest absolute Gasteiger partial charge is 0.270 e. The van der Waals surface area contributed by atoms with Crippen molar-refractivity contribution in [2.75, 3.05) is 19.7 Å². The lowest BCUT2D eigenvalue weighted by Gasteiger charge is -2.27. The summed E-state index contributed by atoms with van der Waals surface area (Å²) in [4.78, 5) is 15.1. The number of carbonyl (C=O) groups excluding carboxylic acids is 1. The van der Waals surface area contributed by atoms with Gasteiger partial charge in [0.15, 0.2) is 0 Å². The lowest BCUT2D eigenvalue weighted by atomic mass is 10.1. The summed E-state index contributed by atoms with van der Waals surface area (Å²) in [6.07, 6.45) is 3.47. The van der Waals surface area contributed by atoms with Crippen molar-refractivity contribution in [3.05, 3.63) is 29.5 Å². The fourth-order valence-corrected chi connectivity index (χ4v) is 3.61. The number of aryl methyl sites for hydroxylation is 2. The highest BCUT2D eigenvalue weighted by atomic mass is 16.5. The number of ether oxygens (including phenoxy) is 1. The van der Waals surface area contributed by atoms with E-state index in [1.807, 2.05) is 17.9 Å². The van der Waals surface area contributed by atoms with Crippen LogP contribution in [0.5, 0.6) is 5.75 Å². The van der Waals surface area contributed by atoms with E-state index in [0.29, 0.717) is 6.61 Å². The molecule has 1 fully saturated rings. The molecule has 0 atom stereocenters. The number of hydrogen-bond acceptors (Lipinski definition) is 2. The van der Waals surface area contributed by atoms with Crippen LogP contribution in [0.4, 0.5) is 0 Å². The third kappa shape index (κ3) is 2.82. The SMILES string of the molecule is CCOc1ccc2c(c1)c(C)c(C(=O)N1CCCCC1)n2CC. The molecule has 1 aromatic carbocycles. The molecule has 1 aromatic heterocycles. The van der Waals surface area contributed by atoms with Gasteiger partial charge in [-0.05, 0) is 63.8 Å². The maximum absolute atomic E-state index is 13.1. The molecular weight excluding hydrogens is 288 g/mol. The predicted molar refractivity (Wildman–Crippen MR) is 93.3 cm³/mol. The Morgan fingerprint density at radius 1 is 1.17 bits per heavy atom. The second kappa shape index (κ2) is 6.65. The van der Waals surface area contributed by atoms with Crippen molar-refractivity contribution >= 4 is 16.8 Å². The van der Waals surface area contributed by atoms with Crippen LogP contribution in [0.2, 0.25) is 0 Å². The number of benzene rings is 1. The molecule has 3 rings (SSSR count). The molecule has 124 valence electrons. The first-order chi connectivity index (χ1) is 11.2. The average molecular weight is 314 g/mol. The molecule has 1 aliphatic rings. The number of fused-ring (bicyclic) bond motifs is 1. The van der Waals surface area contributed by atoms with Gasteiger partial charge in [0.2, 0.25) is 0 Å². The molecule has 0 saturated carbocycles. The van der Waals surface area contributed by atoms with E-state index in [9.17, 15) is 4.79 Å². The average Bonchev–Trinajstić information content (AvgIpc) is 2.87. The molecule has 1 aliphatic heterocycles. The van der Waals surface area contributed by atoms with Gasteiger partial charge in [0.05, 0.1) is 6.61 Å². The molecular formula is C19H26N2O2.